The summed E-state index contributed by atoms with van der Waals surface area (Å²) < 4.78 is 16.7. The van der Waals surface area contributed by atoms with Crippen LogP contribution in [0.2, 0.25) is 0 Å². The Morgan fingerprint density at radius 2 is 0.825 bits per heavy atom. The minimum atomic E-state index is -1.57. The molecule has 468 valence electrons. The van der Waals surface area contributed by atoms with Gasteiger partial charge in [-0.05, 0) is 89.9 Å². The summed E-state index contributed by atoms with van der Waals surface area (Å²) in [6.07, 6.45) is 65.5. The number of aliphatic hydroxyl groups is 5. The van der Waals surface area contributed by atoms with Crippen LogP contribution in [0.4, 0.5) is 0 Å². The molecule has 0 spiro atoms. The third-order valence-electron chi connectivity index (χ3n) is 15.9. The van der Waals surface area contributed by atoms with Crippen LogP contribution in [0.5, 0.6) is 0 Å². The van der Waals surface area contributed by atoms with Crippen molar-refractivity contribution in [3.8, 4) is 0 Å². The van der Waals surface area contributed by atoms with E-state index in [1.54, 1.807) is 6.08 Å². The van der Waals surface area contributed by atoms with Crippen LogP contribution in [-0.2, 0) is 23.8 Å². The maximum absolute atomic E-state index is 13.0. The van der Waals surface area contributed by atoms with Gasteiger partial charge in [0.2, 0.25) is 5.91 Å². The number of aliphatic hydroxyl groups excluding tert-OH is 5. The summed E-state index contributed by atoms with van der Waals surface area (Å²) in [6.45, 7) is 4.26. The lowest BCUT2D eigenvalue weighted by Crippen LogP contribution is -2.60. The molecule has 1 rings (SSSR count). The molecule has 0 saturated carbocycles. The van der Waals surface area contributed by atoms with Gasteiger partial charge in [0.25, 0.3) is 0 Å². The highest BCUT2D eigenvalue weighted by atomic mass is 16.7. The van der Waals surface area contributed by atoms with E-state index >= 15 is 0 Å². The van der Waals surface area contributed by atoms with Crippen molar-refractivity contribution in [3.63, 3.8) is 0 Å². The predicted molar refractivity (Wildman–Crippen MR) is 334 cm³/mol. The van der Waals surface area contributed by atoms with Crippen LogP contribution in [0, 0.1) is 0 Å². The van der Waals surface area contributed by atoms with E-state index in [0.717, 1.165) is 57.8 Å². The molecule has 6 N–H and O–H groups in total. The Balaban J connectivity index is 1.93. The van der Waals surface area contributed by atoms with Crippen molar-refractivity contribution in [1.82, 2.24) is 5.32 Å². The number of hydrogen-bond donors (Lipinski definition) is 6. The molecule has 80 heavy (non-hydrogen) atoms. The third-order valence-corrected chi connectivity index (χ3v) is 15.9. The SMILES string of the molecule is CCCC/C=C\CCCCCCCC(=O)OCCCCCCCCCCCCCC/C=C\CCCCCCCCCCCCCCCCCCC(=O)NC(COC1OC(CO)C(O)C(O)C1O)C(O)/C=C/CC/C=C/CCCCC. The Morgan fingerprint density at radius 1 is 0.450 bits per heavy atom. The van der Waals surface area contributed by atoms with Gasteiger partial charge in [0.15, 0.2) is 6.29 Å². The van der Waals surface area contributed by atoms with Gasteiger partial charge in [0.05, 0.1) is 32.0 Å². The fourth-order valence-corrected chi connectivity index (χ4v) is 10.5. The first-order valence-electron chi connectivity index (χ1n) is 33.9. The lowest BCUT2D eigenvalue weighted by molar-refractivity contribution is -0.302. The highest BCUT2D eigenvalue weighted by Crippen LogP contribution is 2.23. The number of allylic oxidation sites excluding steroid dienone is 7. The fraction of sp³-hybridized carbons (Fsp3) is 0.855. The van der Waals surface area contributed by atoms with E-state index in [1.165, 1.54) is 231 Å². The van der Waals surface area contributed by atoms with Gasteiger partial charge in [-0.1, -0.05) is 262 Å². The number of rotatable bonds is 59. The molecule has 1 saturated heterocycles. The summed E-state index contributed by atoms with van der Waals surface area (Å²) in [5.41, 5.74) is 0. The zero-order chi connectivity index (χ0) is 58.0. The monoisotopic (exact) mass is 1130 g/mol. The molecule has 0 aromatic heterocycles. The van der Waals surface area contributed by atoms with E-state index < -0.39 is 49.5 Å². The standard InChI is InChI=1S/C69H127NO10/c1-3-5-7-9-11-13-36-41-45-49-53-57-65(74)78-58-54-50-46-42-38-35-33-31-29-27-25-23-21-19-17-15-14-16-18-20-22-24-26-28-30-32-34-37-40-44-48-52-56-64(73)70-61(62(72)55-51-47-43-39-12-10-8-6-4-2)60-79-69-68(77)67(76)66(75)63(59-71)80-69/h9,11-12,17,19,39,51,55,61-63,66-69,71-72,75-77H,3-8,10,13-16,18,20-38,40-50,52-54,56-60H2,1-2H3,(H,70,73)/b11-9-,19-17-,39-12+,55-51+. The van der Waals surface area contributed by atoms with Crippen molar-refractivity contribution in [2.75, 3.05) is 19.8 Å². The van der Waals surface area contributed by atoms with E-state index in [4.69, 9.17) is 14.2 Å². The van der Waals surface area contributed by atoms with Gasteiger partial charge < -0.3 is 45.1 Å². The Bertz CT molecular complexity index is 1470. The number of unbranched alkanes of at least 4 members (excludes halogenated alkanes) is 39. The van der Waals surface area contributed by atoms with Crippen LogP contribution in [-0.4, -0.2) is 100 Å². The second-order valence-electron chi connectivity index (χ2n) is 23.5. The maximum atomic E-state index is 13.0. The first-order chi connectivity index (χ1) is 39.2. The van der Waals surface area contributed by atoms with Gasteiger partial charge in [-0.3, -0.25) is 9.59 Å². The van der Waals surface area contributed by atoms with Gasteiger partial charge in [0.1, 0.15) is 24.4 Å². The van der Waals surface area contributed by atoms with Crippen molar-refractivity contribution in [2.45, 2.75) is 358 Å². The van der Waals surface area contributed by atoms with Crippen LogP contribution < -0.4 is 5.32 Å². The molecule has 1 fully saturated rings. The quantitative estimate of drug-likeness (QED) is 0.0195. The first kappa shape index (κ1) is 75.6. The Labute approximate surface area is 491 Å². The predicted octanol–water partition coefficient (Wildman–Crippen LogP) is 16.8. The Hall–Kier alpha value is -2.38. The fourth-order valence-electron chi connectivity index (χ4n) is 10.5. The smallest absolute Gasteiger partial charge is 0.305 e. The summed E-state index contributed by atoms with van der Waals surface area (Å²) in [4.78, 5) is 25.0. The van der Waals surface area contributed by atoms with Crippen LogP contribution in [0.3, 0.4) is 0 Å². The summed E-state index contributed by atoms with van der Waals surface area (Å²) in [5, 5.41) is 54.2. The molecule has 0 bridgehead atoms. The van der Waals surface area contributed by atoms with Crippen molar-refractivity contribution in [2.24, 2.45) is 0 Å². The zero-order valence-corrected chi connectivity index (χ0v) is 51.8. The molecular weight excluding hydrogens is 1000 g/mol. The molecule has 1 aliphatic rings. The average Bonchev–Trinajstić information content (AvgIpc) is 3.45. The number of esters is 1. The van der Waals surface area contributed by atoms with Crippen LogP contribution in [0.15, 0.2) is 48.6 Å². The van der Waals surface area contributed by atoms with E-state index in [2.05, 4.69) is 55.6 Å². The second-order valence-corrected chi connectivity index (χ2v) is 23.5. The lowest BCUT2D eigenvalue weighted by Gasteiger charge is -2.40. The summed E-state index contributed by atoms with van der Waals surface area (Å²) in [5.74, 6) is -0.192. The number of amides is 1. The molecule has 11 nitrogen and oxygen atoms in total. The molecule has 0 radical (unpaired) electrons. The van der Waals surface area contributed by atoms with E-state index in [0.29, 0.717) is 19.4 Å². The number of ether oxygens (including phenoxy) is 3. The molecule has 7 unspecified atom stereocenters. The number of nitrogens with one attached hydrogen (secondary N) is 1. The number of hydrogen-bond acceptors (Lipinski definition) is 10. The lowest BCUT2D eigenvalue weighted by atomic mass is 9.99. The number of carbonyl (C=O) groups is 2. The van der Waals surface area contributed by atoms with Crippen molar-refractivity contribution < 1.29 is 49.3 Å². The molecule has 11 heteroatoms. The largest absolute Gasteiger partial charge is 0.466 e. The molecule has 1 aliphatic heterocycles. The third kappa shape index (κ3) is 47.0. The Morgan fingerprint density at radius 3 is 1.27 bits per heavy atom. The van der Waals surface area contributed by atoms with Crippen LogP contribution in [0.25, 0.3) is 0 Å². The summed E-state index contributed by atoms with van der Waals surface area (Å²) in [6, 6.07) is -0.824. The molecule has 7 atom stereocenters. The van der Waals surface area contributed by atoms with Gasteiger partial charge in [-0.15, -0.1) is 0 Å². The van der Waals surface area contributed by atoms with Gasteiger partial charge in [-0.2, -0.15) is 0 Å². The average molecular weight is 1130 g/mol. The normalized spacial score (nSPS) is 18.6. The molecule has 1 heterocycles. The van der Waals surface area contributed by atoms with Gasteiger partial charge >= 0.3 is 5.97 Å². The molecule has 1 amide bonds. The van der Waals surface area contributed by atoms with E-state index in [9.17, 15) is 35.1 Å². The number of carbonyl (C=O) groups excluding carboxylic acids is 2. The summed E-state index contributed by atoms with van der Waals surface area (Å²) >= 11 is 0. The minimum Gasteiger partial charge on any atom is -0.466 e. The highest BCUT2D eigenvalue weighted by molar-refractivity contribution is 5.76. The van der Waals surface area contributed by atoms with Crippen molar-refractivity contribution in [1.29, 1.82) is 0 Å². The highest BCUT2D eigenvalue weighted by Gasteiger charge is 2.44. The molecule has 0 aromatic carbocycles. The van der Waals surface area contributed by atoms with Gasteiger partial charge in [0, 0.05) is 12.8 Å². The zero-order valence-electron chi connectivity index (χ0n) is 51.8. The van der Waals surface area contributed by atoms with E-state index in [-0.39, 0.29) is 18.5 Å². The topological polar surface area (TPSA) is 175 Å². The first-order valence-corrected chi connectivity index (χ1v) is 33.9. The van der Waals surface area contributed by atoms with Gasteiger partial charge in [-0.25, -0.2) is 0 Å². The van der Waals surface area contributed by atoms with Crippen LogP contribution in [0.1, 0.15) is 316 Å². The minimum absolute atomic E-state index is 0.00103. The maximum Gasteiger partial charge on any atom is 0.305 e. The molecule has 0 aliphatic carbocycles. The van der Waals surface area contributed by atoms with Crippen molar-refractivity contribution >= 4 is 11.9 Å². The Kier molecular flexibility index (Phi) is 55.2. The van der Waals surface area contributed by atoms with Crippen molar-refractivity contribution in [3.05, 3.63) is 48.6 Å². The van der Waals surface area contributed by atoms with Crippen LogP contribution >= 0.6 is 0 Å². The summed E-state index contributed by atoms with van der Waals surface area (Å²) in [7, 11) is 0. The molecular formula is C69H127NO10. The second kappa shape index (κ2) is 58.4. The molecule has 0 aromatic rings. The van der Waals surface area contributed by atoms with E-state index in [1.807, 2.05) is 6.08 Å².